The lowest BCUT2D eigenvalue weighted by molar-refractivity contribution is -0.384. The van der Waals surface area contributed by atoms with Gasteiger partial charge in [-0.1, -0.05) is 48.9 Å². The number of nitro benzene ring substituents is 1. The lowest BCUT2D eigenvalue weighted by Crippen LogP contribution is -2.17. The van der Waals surface area contributed by atoms with Crippen molar-refractivity contribution in [1.29, 1.82) is 0 Å². The van der Waals surface area contributed by atoms with Gasteiger partial charge < -0.3 is 4.57 Å². The summed E-state index contributed by atoms with van der Waals surface area (Å²) in [5.41, 5.74) is 1.91. The number of carbonyl (C=O) groups excluding carboxylic acids is 1. The Labute approximate surface area is 170 Å². The number of non-ortho nitro benzene ring substituents is 1. The van der Waals surface area contributed by atoms with Crippen molar-refractivity contribution in [1.82, 2.24) is 4.57 Å². The van der Waals surface area contributed by atoms with E-state index in [1.807, 2.05) is 41.8 Å². The summed E-state index contributed by atoms with van der Waals surface area (Å²) < 4.78 is 1.99. The molecule has 0 fully saturated rings. The van der Waals surface area contributed by atoms with Crippen LogP contribution in [0.4, 0.5) is 5.69 Å². The van der Waals surface area contributed by atoms with Crippen LogP contribution in [0.15, 0.2) is 53.5 Å². The fourth-order valence-electron chi connectivity index (χ4n) is 2.93. The molecule has 0 N–H and O–H groups in total. The zero-order valence-electron chi connectivity index (χ0n) is 15.4. The van der Waals surface area contributed by atoms with E-state index < -0.39 is 10.8 Å². The number of rotatable bonds is 5. The third-order valence-corrected chi connectivity index (χ3v) is 5.80. The molecule has 6 nitrogen and oxygen atoms in total. The summed E-state index contributed by atoms with van der Waals surface area (Å²) in [5.74, 6) is -0.598. The van der Waals surface area contributed by atoms with Crippen molar-refractivity contribution in [2.75, 3.05) is 0 Å². The molecule has 3 rings (SSSR count). The van der Waals surface area contributed by atoms with Crippen LogP contribution in [0.3, 0.4) is 0 Å². The van der Waals surface area contributed by atoms with Gasteiger partial charge in [0.05, 0.1) is 21.2 Å². The van der Waals surface area contributed by atoms with E-state index in [1.165, 1.54) is 23.5 Å². The first-order valence-corrected chi connectivity index (χ1v) is 9.96. The number of benzene rings is 2. The number of amides is 1. The molecule has 0 aliphatic rings. The topological polar surface area (TPSA) is 77.5 Å². The lowest BCUT2D eigenvalue weighted by atomic mass is 10.1. The van der Waals surface area contributed by atoms with Crippen LogP contribution < -0.4 is 4.80 Å². The van der Waals surface area contributed by atoms with Gasteiger partial charge in [0.2, 0.25) is 0 Å². The predicted molar refractivity (Wildman–Crippen MR) is 111 cm³/mol. The van der Waals surface area contributed by atoms with Crippen LogP contribution in [-0.4, -0.2) is 15.4 Å². The first-order valence-electron chi connectivity index (χ1n) is 8.77. The maximum Gasteiger partial charge on any atom is 0.281 e. The minimum Gasteiger partial charge on any atom is -0.316 e. The van der Waals surface area contributed by atoms with E-state index >= 15 is 0 Å². The second-order valence-electron chi connectivity index (χ2n) is 5.96. The molecule has 2 aromatic carbocycles. The van der Waals surface area contributed by atoms with Crippen molar-refractivity contribution in [2.24, 2.45) is 4.99 Å². The van der Waals surface area contributed by atoms with Crippen molar-refractivity contribution in [3.05, 3.63) is 78.9 Å². The van der Waals surface area contributed by atoms with E-state index in [1.54, 1.807) is 0 Å². The Morgan fingerprint density at radius 3 is 2.54 bits per heavy atom. The largest absolute Gasteiger partial charge is 0.316 e. The highest BCUT2D eigenvalue weighted by atomic mass is 35.5. The normalized spacial score (nSPS) is 11.6. The molecule has 0 unspecified atom stereocenters. The summed E-state index contributed by atoms with van der Waals surface area (Å²) in [4.78, 5) is 29.1. The molecule has 28 heavy (non-hydrogen) atoms. The smallest absolute Gasteiger partial charge is 0.281 e. The molecule has 0 bridgehead atoms. The highest BCUT2D eigenvalue weighted by Gasteiger charge is 2.18. The molecule has 3 aromatic rings. The van der Waals surface area contributed by atoms with E-state index in [2.05, 4.69) is 11.9 Å². The number of nitrogens with zero attached hydrogens (tertiary/aromatic N) is 3. The molecule has 8 heteroatoms. The summed E-state index contributed by atoms with van der Waals surface area (Å²) in [5, 5.41) is 11.1. The highest BCUT2D eigenvalue weighted by Crippen LogP contribution is 2.27. The first-order chi connectivity index (χ1) is 13.5. The van der Waals surface area contributed by atoms with Crippen LogP contribution in [0.1, 0.15) is 29.1 Å². The maximum absolute atomic E-state index is 12.7. The van der Waals surface area contributed by atoms with E-state index in [0.717, 1.165) is 28.6 Å². The number of hydrogen-bond acceptors (Lipinski definition) is 4. The Bertz CT molecular complexity index is 1100. The third kappa shape index (κ3) is 3.90. The minimum atomic E-state index is -0.598. The number of halogens is 1. The van der Waals surface area contributed by atoms with Gasteiger partial charge in [-0.25, -0.2) is 0 Å². The number of thiazole rings is 1. The van der Waals surface area contributed by atoms with Gasteiger partial charge in [-0.2, -0.15) is 4.99 Å². The Hall–Kier alpha value is -2.77. The average Bonchev–Trinajstić information content (AvgIpc) is 3.05. The Kier molecular flexibility index (Phi) is 6.06. The van der Waals surface area contributed by atoms with Crippen LogP contribution in [0.2, 0.25) is 5.02 Å². The monoisotopic (exact) mass is 415 g/mol. The van der Waals surface area contributed by atoms with Crippen molar-refractivity contribution in [3.63, 3.8) is 0 Å². The van der Waals surface area contributed by atoms with Gasteiger partial charge in [0.25, 0.3) is 11.6 Å². The summed E-state index contributed by atoms with van der Waals surface area (Å²) >= 11 is 7.53. The van der Waals surface area contributed by atoms with Crippen molar-refractivity contribution < 1.29 is 9.72 Å². The molecule has 1 amide bonds. The molecule has 0 atom stereocenters. The molecule has 144 valence electrons. The molecule has 1 heterocycles. The van der Waals surface area contributed by atoms with Crippen molar-refractivity contribution in [2.45, 2.75) is 26.8 Å². The van der Waals surface area contributed by atoms with Gasteiger partial charge in [0.1, 0.15) is 0 Å². The Balaban J connectivity index is 2.15. The van der Waals surface area contributed by atoms with Gasteiger partial charge in [-0.05, 0) is 25.0 Å². The summed E-state index contributed by atoms with van der Waals surface area (Å²) in [6.45, 7) is 4.68. The molecule has 0 aliphatic carbocycles. The van der Waals surface area contributed by atoms with E-state index in [-0.39, 0.29) is 16.3 Å². The number of carbonyl (C=O) groups is 1. The van der Waals surface area contributed by atoms with Gasteiger partial charge in [0, 0.05) is 23.6 Å². The quantitative estimate of drug-likeness (QED) is 0.429. The Morgan fingerprint density at radius 1 is 1.21 bits per heavy atom. The van der Waals surface area contributed by atoms with Gasteiger partial charge in [0.15, 0.2) is 4.80 Å². The zero-order valence-corrected chi connectivity index (χ0v) is 17.0. The van der Waals surface area contributed by atoms with Crippen LogP contribution in [0.25, 0.3) is 11.3 Å². The SMILES string of the molecule is CCc1sc(=NC(=O)c2cc([N+](=O)[O-])ccc2Cl)n(CC)c1-c1ccccc1. The third-order valence-electron chi connectivity index (χ3n) is 4.25. The number of aromatic nitrogens is 1. The van der Waals surface area contributed by atoms with Crippen LogP contribution in [0.5, 0.6) is 0 Å². The van der Waals surface area contributed by atoms with Crippen LogP contribution >= 0.6 is 22.9 Å². The average molecular weight is 416 g/mol. The Morgan fingerprint density at radius 2 is 1.93 bits per heavy atom. The van der Waals surface area contributed by atoms with Crippen molar-refractivity contribution >= 4 is 34.5 Å². The second kappa shape index (κ2) is 8.50. The second-order valence-corrected chi connectivity index (χ2v) is 7.43. The number of hydrogen-bond donors (Lipinski definition) is 0. The highest BCUT2D eigenvalue weighted by molar-refractivity contribution is 7.09. The maximum atomic E-state index is 12.7. The fraction of sp³-hybridized carbons (Fsp3) is 0.200. The number of nitro groups is 1. The van der Waals surface area contributed by atoms with E-state index in [9.17, 15) is 14.9 Å². The molecule has 0 saturated heterocycles. The first kappa shape index (κ1) is 20.0. The molecular formula is C20H18ClN3O3S. The summed E-state index contributed by atoms with van der Waals surface area (Å²) in [7, 11) is 0. The molecular weight excluding hydrogens is 398 g/mol. The van der Waals surface area contributed by atoms with Gasteiger partial charge in [-0.3, -0.25) is 14.9 Å². The molecule has 1 aromatic heterocycles. The number of aryl methyl sites for hydroxylation is 1. The molecule has 0 saturated carbocycles. The van der Waals surface area contributed by atoms with Gasteiger partial charge >= 0.3 is 0 Å². The predicted octanol–water partition coefficient (Wildman–Crippen LogP) is 5.10. The summed E-state index contributed by atoms with van der Waals surface area (Å²) in [6.07, 6.45) is 0.802. The van der Waals surface area contributed by atoms with Crippen LogP contribution in [0, 0.1) is 10.1 Å². The van der Waals surface area contributed by atoms with Gasteiger partial charge in [-0.15, -0.1) is 11.3 Å². The van der Waals surface area contributed by atoms with Crippen molar-refractivity contribution in [3.8, 4) is 11.3 Å². The van der Waals surface area contributed by atoms with Crippen LogP contribution in [-0.2, 0) is 13.0 Å². The molecule has 0 aliphatic heterocycles. The van der Waals surface area contributed by atoms with E-state index in [0.29, 0.717) is 11.3 Å². The molecule has 0 spiro atoms. The summed E-state index contributed by atoms with van der Waals surface area (Å²) in [6, 6.07) is 13.7. The standard InChI is InChI=1S/C20H18ClN3O3S/c1-3-17-18(13-8-6-5-7-9-13)23(4-2)20(28-17)22-19(25)15-12-14(24(26)27)10-11-16(15)21/h5-12H,3-4H2,1-2H3. The lowest BCUT2D eigenvalue weighted by Gasteiger charge is -2.08. The fourth-order valence-corrected chi connectivity index (χ4v) is 4.27. The minimum absolute atomic E-state index is 0.0197. The zero-order chi connectivity index (χ0) is 20.3. The van der Waals surface area contributed by atoms with E-state index in [4.69, 9.17) is 11.6 Å². The molecule has 0 radical (unpaired) electrons.